The number of carbonyl (C=O) groups is 1. The van der Waals surface area contributed by atoms with Crippen molar-refractivity contribution >= 4 is 5.78 Å². The Morgan fingerprint density at radius 1 is 0.955 bits per heavy atom. The Bertz CT molecular complexity index is 792. The smallest absolute Gasteiger partial charge is 0.162 e. The SMILES string of the molecule is CCc1c(-c2ccncc2)[nH]c(-c2ccncc2)c1C(C)=O. The number of hydrogen-bond acceptors (Lipinski definition) is 3. The van der Waals surface area contributed by atoms with Crippen LogP contribution in [0.2, 0.25) is 0 Å². The Morgan fingerprint density at radius 2 is 1.45 bits per heavy atom. The molecule has 0 radical (unpaired) electrons. The summed E-state index contributed by atoms with van der Waals surface area (Å²) in [6, 6.07) is 7.72. The van der Waals surface area contributed by atoms with Crippen LogP contribution in [0.25, 0.3) is 22.5 Å². The minimum atomic E-state index is 0.0696. The molecule has 0 spiro atoms. The van der Waals surface area contributed by atoms with Crippen LogP contribution in [0.4, 0.5) is 0 Å². The maximum Gasteiger partial charge on any atom is 0.162 e. The molecule has 4 heteroatoms. The third-order valence-electron chi connectivity index (χ3n) is 3.75. The van der Waals surface area contributed by atoms with E-state index in [1.807, 2.05) is 24.3 Å². The fraction of sp³-hybridized carbons (Fsp3) is 0.167. The van der Waals surface area contributed by atoms with Gasteiger partial charge in [-0.3, -0.25) is 14.8 Å². The second kappa shape index (κ2) is 5.93. The van der Waals surface area contributed by atoms with Crippen LogP contribution in [0.15, 0.2) is 49.1 Å². The normalized spacial score (nSPS) is 10.6. The second-order valence-electron chi connectivity index (χ2n) is 5.11. The molecule has 0 amide bonds. The molecule has 110 valence electrons. The van der Waals surface area contributed by atoms with E-state index < -0.39 is 0 Å². The summed E-state index contributed by atoms with van der Waals surface area (Å²) in [4.78, 5) is 23.8. The summed E-state index contributed by atoms with van der Waals surface area (Å²) >= 11 is 0. The Labute approximate surface area is 129 Å². The van der Waals surface area contributed by atoms with Gasteiger partial charge in [-0.15, -0.1) is 0 Å². The Kier molecular flexibility index (Phi) is 3.83. The Morgan fingerprint density at radius 3 is 1.91 bits per heavy atom. The van der Waals surface area contributed by atoms with Gasteiger partial charge in [0, 0.05) is 47.2 Å². The lowest BCUT2D eigenvalue weighted by molar-refractivity contribution is 0.101. The molecule has 3 aromatic heterocycles. The van der Waals surface area contributed by atoms with Gasteiger partial charge in [-0.05, 0) is 43.2 Å². The lowest BCUT2D eigenvalue weighted by atomic mass is 9.98. The second-order valence-corrected chi connectivity index (χ2v) is 5.11. The lowest BCUT2D eigenvalue weighted by Gasteiger charge is -2.03. The average Bonchev–Trinajstić information content (AvgIpc) is 2.96. The summed E-state index contributed by atoms with van der Waals surface area (Å²) in [6.07, 6.45) is 7.77. The van der Waals surface area contributed by atoms with E-state index in [0.29, 0.717) is 0 Å². The third kappa shape index (κ3) is 2.44. The number of ketones is 1. The van der Waals surface area contributed by atoms with Gasteiger partial charge < -0.3 is 4.98 Å². The van der Waals surface area contributed by atoms with Crippen molar-refractivity contribution < 1.29 is 4.79 Å². The van der Waals surface area contributed by atoms with E-state index in [9.17, 15) is 4.79 Å². The number of aromatic amines is 1. The molecular formula is C18H17N3O. The van der Waals surface area contributed by atoms with Crippen LogP contribution in [-0.4, -0.2) is 20.7 Å². The van der Waals surface area contributed by atoms with Crippen molar-refractivity contribution in [3.8, 4) is 22.5 Å². The van der Waals surface area contributed by atoms with Crippen molar-refractivity contribution in [3.63, 3.8) is 0 Å². The molecule has 22 heavy (non-hydrogen) atoms. The fourth-order valence-electron chi connectivity index (χ4n) is 2.78. The molecule has 3 heterocycles. The number of aromatic nitrogens is 3. The molecule has 0 atom stereocenters. The number of H-pyrrole nitrogens is 1. The molecular weight excluding hydrogens is 274 g/mol. The Hall–Kier alpha value is -2.75. The van der Waals surface area contributed by atoms with E-state index in [4.69, 9.17) is 0 Å². The van der Waals surface area contributed by atoms with Gasteiger partial charge in [0.1, 0.15) is 0 Å². The van der Waals surface area contributed by atoms with Crippen molar-refractivity contribution in [1.82, 2.24) is 15.0 Å². The van der Waals surface area contributed by atoms with E-state index >= 15 is 0 Å². The zero-order valence-electron chi connectivity index (χ0n) is 12.6. The van der Waals surface area contributed by atoms with Crippen molar-refractivity contribution in [2.45, 2.75) is 20.3 Å². The summed E-state index contributed by atoms with van der Waals surface area (Å²) < 4.78 is 0. The van der Waals surface area contributed by atoms with E-state index in [1.165, 1.54) is 0 Å². The zero-order valence-corrected chi connectivity index (χ0v) is 12.6. The maximum atomic E-state index is 12.2. The van der Waals surface area contributed by atoms with E-state index in [-0.39, 0.29) is 5.78 Å². The van der Waals surface area contributed by atoms with Gasteiger partial charge in [-0.1, -0.05) is 6.92 Å². The molecule has 0 aliphatic rings. The van der Waals surface area contributed by atoms with Crippen LogP contribution in [0.1, 0.15) is 29.8 Å². The molecule has 4 nitrogen and oxygen atoms in total. The highest BCUT2D eigenvalue weighted by Gasteiger charge is 2.21. The summed E-state index contributed by atoms with van der Waals surface area (Å²) in [5.74, 6) is 0.0696. The van der Waals surface area contributed by atoms with Gasteiger partial charge >= 0.3 is 0 Å². The van der Waals surface area contributed by atoms with Crippen LogP contribution in [0.3, 0.4) is 0 Å². The van der Waals surface area contributed by atoms with E-state index in [2.05, 4.69) is 21.9 Å². The van der Waals surface area contributed by atoms with Gasteiger partial charge in [-0.2, -0.15) is 0 Å². The quantitative estimate of drug-likeness (QED) is 0.741. The predicted molar refractivity (Wildman–Crippen MR) is 86.6 cm³/mol. The number of nitrogens with zero attached hydrogens (tertiary/aromatic N) is 2. The monoisotopic (exact) mass is 291 g/mol. The highest BCUT2D eigenvalue weighted by Crippen LogP contribution is 2.34. The minimum absolute atomic E-state index is 0.0696. The van der Waals surface area contributed by atoms with Gasteiger partial charge in [0.25, 0.3) is 0 Å². The molecule has 0 aliphatic carbocycles. The first-order valence-corrected chi connectivity index (χ1v) is 7.29. The van der Waals surface area contributed by atoms with E-state index in [0.717, 1.165) is 40.1 Å². The van der Waals surface area contributed by atoms with Crippen molar-refractivity contribution in [3.05, 3.63) is 60.2 Å². The van der Waals surface area contributed by atoms with Crippen LogP contribution in [0.5, 0.6) is 0 Å². The molecule has 0 unspecified atom stereocenters. The molecule has 0 saturated carbocycles. The predicted octanol–water partition coefficient (Wildman–Crippen LogP) is 3.90. The van der Waals surface area contributed by atoms with Crippen molar-refractivity contribution in [1.29, 1.82) is 0 Å². The number of pyridine rings is 2. The summed E-state index contributed by atoms with van der Waals surface area (Å²) in [7, 11) is 0. The number of Topliss-reactive ketones (excluding diaryl/α,β-unsaturated/α-hetero) is 1. The van der Waals surface area contributed by atoms with Crippen LogP contribution >= 0.6 is 0 Å². The average molecular weight is 291 g/mol. The largest absolute Gasteiger partial charge is 0.354 e. The summed E-state index contributed by atoms with van der Waals surface area (Å²) in [5.41, 5.74) is 5.66. The maximum absolute atomic E-state index is 12.2. The molecule has 3 aromatic rings. The van der Waals surface area contributed by atoms with Crippen molar-refractivity contribution in [2.75, 3.05) is 0 Å². The standard InChI is InChI=1S/C18H17N3O/c1-3-15-16(12(2)22)18(14-6-10-20-11-7-14)21-17(15)13-4-8-19-9-5-13/h4-11,21H,3H2,1-2H3. The number of carbonyl (C=O) groups excluding carboxylic acids is 1. The third-order valence-corrected chi connectivity index (χ3v) is 3.75. The van der Waals surface area contributed by atoms with E-state index in [1.54, 1.807) is 31.7 Å². The van der Waals surface area contributed by atoms with Crippen LogP contribution in [0, 0.1) is 0 Å². The van der Waals surface area contributed by atoms with Gasteiger partial charge in [0.2, 0.25) is 0 Å². The number of hydrogen-bond donors (Lipinski definition) is 1. The van der Waals surface area contributed by atoms with Crippen LogP contribution in [-0.2, 0) is 6.42 Å². The molecule has 0 aromatic carbocycles. The van der Waals surface area contributed by atoms with Crippen LogP contribution < -0.4 is 0 Å². The van der Waals surface area contributed by atoms with Gasteiger partial charge in [-0.25, -0.2) is 0 Å². The number of nitrogens with one attached hydrogen (secondary N) is 1. The Balaban J connectivity index is 2.27. The van der Waals surface area contributed by atoms with Gasteiger partial charge in [0.05, 0.1) is 5.69 Å². The fourth-order valence-corrected chi connectivity index (χ4v) is 2.78. The molecule has 0 fully saturated rings. The van der Waals surface area contributed by atoms with Crippen molar-refractivity contribution in [2.24, 2.45) is 0 Å². The first kappa shape index (κ1) is 14.2. The topological polar surface area (TPSA) is 58.6 Å². The number of rotatable bonds is 4. The zero-order chi connectivity index (χ0) is 15.5. The highest BCUT2D eigenvalue weighted by molar-refractivity contribution is 6.03. The lowest BCUT2D eigenvalue weighted by Crippen LogP contribution is -1.98. The molecule has 0 aliphatic heterocycles. The first-order valence-electron chi connectivity index (χ1n) is 7.29. The van der Waals surface area contributed by atoms with Gasteiger partial charge in [0.15, 0.2) is 5.78 Å². The molecule has 0 bridgehead atoms. The summed E-state index contributed by atoms with van der Waals surface area (Å²) in [6.45, 7) is 3.68. The molecule has 3 rings (SSSR count). The summed E-state index contributed by atoms with van der Waals surface area (Å²) in [5, 5.41) is 0. The molecule has 0 saturated heterocycles. The highest BCUT2D eigenvalue weighted by atomic mass is 16.1. The first-order chi connectivity index (χ1) is 10.7. The minimum Gasteiger partial charge on any atom is -0.354 e. The molecule has 1 N–H and O–H groups in total.